The number of carbonyl (C=O) groups excluding carboxylic acids is 1. The van der Waals surface area contributed by atoms with E-state index in [1.54, 1.807) is 6.92 Å². The van der Waals surface area contributed by atoms with Crippen LogP contribution in [0.1, 0.15) is 29.8 Å². The summed E-state index contributed by atoms with van der Waals surface area (Å²) in [4.78, 5) is 12.3. The van der Waals surface area contributed by atoms with E-state index in [0.717, 1.165) is 12.1 Å². The summed E-state index contributed by atoms with van der Waals surface area (Å²) >= 11 is 5.56. The number of benzene rings is 2. The summed E-state index contributed by atoms with van der Waals surface area (Å²) in [7, 11) is -3.45. The molecule has 0 bridgehead atoms. The minimum atomic E-state index is -4.64. The molecular formula is C18H18ClF3N2O3S. The summed E-state index contributed by atoms with van der Waals surface area (Å²) in [6.07, 6.45) is -4.64. The van der Waals surface area contributed by atoms with Crippen molar-refractivity contribution in [3.63, 3.8) is 0 Å². The lowest BCUT2D eigenvalue weighted by atomic mass is 10.1. The number of rotatable bonds is 6. The van der Waals surface area contributed by atoms with Crippen molar-refractivity contribution in [3.8, 4) is 0 Å². The topological polar surface area (TPSA) is 66.5 Å². The van der Waals surface area contributed by atoms with E-state index < -0.39 is 32.7 Å². The molecule has 0 fully saturated rings. The Balaban J connectivity index is 2.22. The number of alkyl halides is 3. The molecule has 2 rings (SSSR count). The van der Waals surface area contributed by atoms with E-state index in [9.17, 15) is 26.4 Å². The van der Waals surface area contributed by atoms with Gasteiger partial charge in [-0.1, -0.05) is 11.6 Å². The maximum atomic E-state index is 12.9. The first kappa shape index (κ1) is 22.0. The fourth-order valence-corrected chi connectivity index (χ4v) is 3.87. The van der Waals surface area contributed by atoms with Gasteiger partial charge in [-0.05, 0) is 56.3 Å². The van der Waals surface area contributed by atoms with Crippen molar-refractivity contribution < 1.29 is 26.4 Å². The summed E-state index contributed by atoms with van der Waals surface area (Å²) in [6, 6.07) is 8.80. The first-order valence-corrected chi connectivity index (χ1v) is 10.3. The number of anilines is 2. The van der Waals surface area contributed by atoms with Crippen LogP contribution in [0.2, 0.25) is 5.02 Å². The number of hydrogen-bond acceptors (Lipinski definition) is 3. The minimum Gasteiger partial charge on any atom is -0.322 e. The summed E-state index contributed by atoms with van der Waals surface area (Å²) < 4.78 is 64.1. The largest absolute Gasteiger partial charge is 0.417 e. The van der Waals surface area contributed by atoms with Crippen molar-refractivity contribution in [3.05, 3.63) is 58.6 Å². The number of carbonyl (C=O) groups is 1. The second kappa shape index (κ2) is 8.40. The quantitative estimate of drug-likeness (QED) is 0.711. The second-order valence-electron chi connectivity index (χ2n) is 5.76. The van der Waals surface area contributed by atoms with E-state index in [4.69, 9.17) is 11.6 Å². The number of amides is 1. The van der Waals surface area contributed by atoms with E-state index in [1.807, 2.05) is 0 Å². The normalized spacial score (nSPS) is 11.9. The molecule has 1 N–H and O–H groups in total. The molecule has 0 radical (unpaired) electrons. The molecule has 0 saturated carbocycles. The van der Waals surface area contributed by atoms with Gasteiger partial charge in [0.2, 0.25) is 10.0 Å². The highest BCUT2D eigenvalue weighted by Crippen LogP contribution is 2.36. The second-order valence-corrected chi connectivity index (χ2v) is 8.35. The fourth-order valence-electron chi connectivity index (χ4n) is 2.50. The molecule has 10 heteroatoms. The van der Waals surface area contributed by atoms with Gasteiger partial charge in [0.15, 0.2) is 0 Å². The maximum Gasteiger partial charge on any atom is 0.417 e. The van der Waals surface area contributed by atoms with Gasteiger partial charge in [-0.15, -0.1) is 0 Å². The summed E-state index contributed by atoms with van der Waals surface area (Å²) in [5.74, 6) is -0.704. The first-order valence-electron chi connectivity index (χ1n) is 8.28. The average Bonchev–Trinajstić information content (AvgIpc) is 2.63. The van der Waals surface area contributed by atoms with E-state index in [1.165, 1.54) is 41.6 Å². The van der Waals surface area contributed by atoms with Crippen molar-refractivity contribution in [1.82, 2.24) is 0 Å². The van der Waals surface area contributed by atoms with Crippen molar-refractivity contribution in [2.45, 2.75) is 20.0 Å². The van der Waals surface area contributed by atoms with Crippen LogP contribution >= 0.6 is 11.6 Å². The van der Waals surface area contributed by atoms with E-state index >= 15 is 0 Å². The zero-order chi connectivity index (χ0) is 21.1. The van der Waals surface area contributed by atoms with Crippen molar-refractivity contribution in [1.29, 1.82) is 0 Å². The Morgan fingerprint density at radius 3 is 2.21 bits per heavy atom. The van der Waals surface area contributed by atoms with Crippen LogP contribution in [-0.2, 0) is 16.2 Å². The highest BCUT2D eigenvalue weighted by atomic mass is 35.5. The molecule has 0 heterocycles. The van der Waals surface area contributed by atoms with Gasteiger partial charge in [0.1, 0.15) is 0 Å². The number of halogens is 4. The summed E-state index contributed by atoms with van der Waals surface area (Å²) in [5.41, 5.74) is -0.552. The predicted molar refractivity (Wildman–Crippen MR) is 103 cm³/mol. The summed E-state index contributed by atoms with van der Waals surface area (Å²) in [5, 5.41) is 1.91. The lowest BCUT2D eigenvalue weighted by molar-refractivity contribution is -0.137. The van der Waals surface area contributed by atoms with Crippen LogP contribution in [-0.4, -0.2) is 26.6 Å². The molecule has 0 unspecified atom stereocenters. The van der Waals surface area contributed by atoms with Crippen LogP contribution in [0.15, 0.2) is 42.5 Å². The molecule has 0 aliphatic rings. The minimum absolute atomic E-state index is 0.0606. The van der Waals surface area contributed by atoms with Gasteiger partial charge in [0.25, 0.3) is 5.91 Å². The van der Waals surface area contributed by atoms with Crippen LogP contribution in [0.4, 0.5) is 24.5 Å². The van der Waals surface area contributed by atoms with E-state index in [-0.39, 0.29) is 23.5 Å². The Bertz CT molecular complexity index is 961. The Morgan fingerprint density at radius 2 is 1.71 bits per heavy atom. The van der Waals surface area contributed by atoms with E-state index in [0.29, 0.717) is 5.69 Å². The molecule has 1 amide bonds. The zero-order valence-corrected chi connectivity index (χ0v) is 16.6. The molecular weight excluding hydrogens is 417 g/mol. The van der Waals surface area contributed by atoms with Crippen LogP contribution in [0.5, 0.6) is 0 Å². The van der Waals surface area contributed by atoms with Gasteiger partial charge in [0.05, 0.1) is 22.0 Å². The molecule has 0 aliphatic heterocycles. The smallest absolute Gasteiger partial charge is 0.322 e. The highest BCUT2D eigenvalue weighted by molar-refractivity contribution is 7.92. The number of hydrogen-bond donors (Lipinski definition) is 1. The number of nitrogens with one attached hydrogen (secondary N) is 1. The van der Waals surface area contributed by atoms with Gasteiger partial charge in [-0.3, -0.25) is 9.10 Å². The molecule has 2 aromatic rings. The Hall–Kier alpha value is -2.26. The third kappa shape index (κ3) is 4.96. The van der Waals surface area contributed by atoms with Crippen LogP contribution in [0.3, 0.4) is 0 Å². The third-order valence-corrected chi connectivity index (χ3v) is 6.13. The Kier molecular flexibility index (Phi) is 6.61. The lowest BCUT2D eigenvalue weighted by Crippen LogP contribution is -2.32. The van der Waals surface area contributed by atoms with Crippen LogP contribution in [0.25, 0.3) is 0 Å². The Labute approximate surface area is 166 Å². The third-order valence-electron chi connectivity index (χ3n) is 3.93. The summed E-state index contributed by atoms with van der Waals surface area (Å²) in [6.45, 7) is 3.44. The molecule has 0 spiro atoms. The number of sulfonamides is 1. The fraction of sp³-hybridized carbons (Fsp3) is 0.278. The van der Waals surface area contributed by atoms with Gasteiger partial charge in [-0.25, -0.2) is 8.42 Å². The average molecular weight is 435 g/mol. The molecule has 5 nitrogen and oxygen atoms in total. The molecule has 152 valence electrons. The zero-order valence-electron chi connectivity index (χ0n) is 15.0. The first-order chi connectivity index (χ1) is 13.0. The Morgan fingerprint density at radius 1 is 1.11 bits per heavy atom. The van der Waals surface area contributed by atoms with E-state index in [2.05, 4.69) is 5.32 Å². The van der Waals surface area contributed by atoms with Crippen LogP contribution in [0, 0.1) is 0 Å². The van der Waals surface area contributed by atoms with Crippen LogP contribution < -0.4 is 9.62 Å². The molecule has 0 atom stereocenters. The monoisotopic (exact) mass is 434 g/mol. The van der Waals surface area contributed by atoms with Gasteiger partial charge >= 0.3 is 6.18 Å². The molecule has 0 saturated heterocycles. The highest BCUT2D eigenvalue weighted by Gasteiger charge is 2.33. The maximum absolute atomic E-state index is 12.9. The molecule has 28 heavy (non-hydrogen) atoms. The lowest BCUT2D eigenvalue weighted by Gasteiger charge is -2.22. The van der Waals surface area contributed by atoms with Crippen molar-refractivity contribution in [2.24, 2.45) is 0 Å². The molecule has 0 aromatic heterocycles. The van der Waals surface area contributed by atoms with Gasteiger partial charge in [-0.2, -0.15) is 13.2 Å². The standard InChI is InChI=1S/C18H18ClF3N2O3S/c1-3-24(28(26,27)4-2)14-8-5-12(6-9-14)17(25)23-13-7-10-16(19)15(11-13)18(20,21)22/h5-11H,3-4H2,1-2H3,(H,23,25). The van der Waals surface area contributed by atoms with Crippen molar-refractivity contribution in [2.75, 3.05) is 21.9 Å². The molecule has 0 aliphatic carbocycles. The van der Waals surface area contributed by atoms with Gasteiger partial charge < -0.3 is 5.32 Å². The number of nitrogens with zero attached hydrogens (tertiary/aromatic N) is 1. The molecule has 2 aromatic carbocycles. The van der Waals surface area contributed by atoms with Crippen molar-refractivity contribution >= 4 is 38.9 Å². The predicted octanol–water partition coefficient (Wildman–Crippen LogP) is 4.79. The van der Waals surface area contributed by atoms with Gasteiger partial charge in [0, 0.05) is 17.8 Å². The SMILES string of the molecule is CCN(c1ccc(C(=O)Nc2ccc(Cl)c(C(F)(F)F)c2)cc1)S(=O)(=O)CC.